The molecule has 0 bridgehead atoms. The number of esters is 1. The zero-order chi connectivity index (χ0) is 16.8. The SMILES string of the molecule is COC(=O)C(Cc1ccc(O)cc1)N=Cc1cc(Cl)ccc1O. The molecule has 0 fully saturated rings. The van der Waals surface area contributed by atoms with Gasteiger partial charge in [-0.1, -0.05) is 23.7 Å². The first-order chi connectivity index (χ1) is 11.0. The van der Waals surface area contributed by atoms with Crippen LogP contribution in [-0.2, 0) is 16.0 Å². The lowest BCUT2D eigenvalue weighted by Gasteiger charge is -2.10. The number of hydrogen-bond acceptors (Lipinski definition) is 5. The third kappa shape index (κ3) is 4.72. The molecule has 2 rings (SSSR count). The van der Waals surface area contributed by atoms with Crippen molar-refractivity contribution in [1.29, 1.82) is 0 Å². The van der Waals surface area contributed by atoms with Crippen LogP contribution in [0.3, 0.4) is 0 Å². The van der Waals surface area contributed by atoms with Crippen LogP contribution in [0.25, 0.3) is 0 Å². The number of benzene rings is 2. The normalized spacial score (nSPS) is 12.3. The van der Waals surface area contributed by atoms with Gasteiger partial charge in [-0.05, 0) is 35.9 Å². The van der Waals surface area contributed by atoms with E-state index in [9.17, 15) is 15.0 Å². The van der Waals surface area contributed by atoms with Crippen LogP contribution >= 0.6 is 11.6 Å². The predicted molar refractivity (Wildman–Crippen MR) is 88.3 cm³/mol. The Hall–Kier alpha value is -2.53. The van der Waals surface area contributed by atoms with E-state index < -0.39 is 12.0 Å². The molecular formula is C17H16ClNO4. The molecule has 5 nitrogen and oxygen atoms in total. The molecule has 1 unspecified atom stereocenters. The Kier molecular flexibility index (Phi) is 5.60. The summed E-state index contributed by atoms with van der Waals surface area (Å²) >= 11 is 5.88. The van der Waals surface area contributed by atoms with Crippen molar-refractivity contribution in [2.45, 2.75) is 12.5 Å². The third-order valence-electron chi connectivity index (χ3n) is 3.22. The van der Waals surface area contributed by atoms with Gasteiger partial charge in [-0.3, -0.25) is 4.99 Å². The van der Waals surface area contributed by atoms with E-state index in [4.69, 9.17) is 16.3 Å². The average Bonchev–Trinajstić information content (AvgIpc) is 2.55. The Morgan fingerprint density at radius 1 is 1.26 bits per heavy atom. The monoisotopic (exact) mass is 333 g/mol. The molecule has 0 aliphatic carbocycles. The highest BCUT2D eigenvalue weighted by atomic mass is 35.5. The van der Waals surface area contributed by atoms with Gasteiger partial charge in [0.1, 0.15) is 11.5 Å². The van der Waals surface area contributed by atoms with Crippen LogP contribution in [0.2, 0.25) is 5.02 Å². The number of phenolic OH excluding ortho intramolecular Hbond substituents is 2. The minimum atomic E-state index is -0.761. The number of halogens is 1. The molecule has 0 aliphatic heterocycles. The van der Waals surface area contributed by atoms with Gasteiger partial charge >= 0.3 is 5.97 Å². The topological polar surface area (TPSA) is 79.1 Å². The summed E-state index contributed by atoms with van der Waals surface area (Å²) in [5.74, 6) is -0.321. The maximum Gasteiger partial charge on any atom is 0.330 e. The van der Waals surface area contributed by atoms with Crippen LogP contribution in [0, 0.1) is 0 Å². The van der Waals surface area contributed by atoms with Crippen molar-refractivity contribution >= 4 is 23.8 Å². The molecule has 0 aromatic heterocycles. The van der Waals surface area contributed by atoms with Gasteiger partial charge in [0.05, 0.1) is 7.11 Å². The Morgan fingerprint density at radius 2 is 1.96 bits per heavy atom. The van der Waals surface area contributed by atoms with Gasteiger partial charge in [0.25, 0.3) is 0 Å². The molecule has 0 aliphatic rings. The number of carbonyl (C=O) groups is 1. The van der Waals surface area contributed by atoms with Crippen LogP contribution in [0.5, 0.6) is 11.5 Å². The van der Waals surface area contributed by atoms with Gasteiger partial charge < -0.3 is 14.9 Å². The van der Waals surface area contributed by atoms with E-state index in [0.29, 0.717) is 17.0 Å². The quantitative estimate of drug-likeness (QED) is 0.651. The molecular weight excluding hydrogens is 318 g/mol. The molecule has 2 aromatic rings. The molecule has 120 valence electrons. The average molecular weight is 334 g/mol. The van der Waals surface area contributed by atoms with Gasteiger partial charge in [-0.2, -0.15) is 0 Å². The number of rotatable bonds is 5. The number of carbonyl (C=O) groups excluding carboxylic acids is 1. The van der Waals surface area contributed by atoms with E-state index >= 15 is 0 Å². The standard InChI is InChI=1S/C17H16ClNO4/c1-23-17(22)15(8-11-2-5-14(20)6-3-11)19-10-12-9-13(18)4-7-16(12)21/h2-7,9-10,15,20-21H,8H2,1H3. The Balaban J connectivity index is 2.21. The van der Waals surface area contributed by atoms with Crippen molar-refractivity contribution in [3.8, 4) is 11.5 Å². The minimum Gasteiger partial charge on any atom is -0.508 e. The largest absolute Gasteiger partial charge is 0.508 e. The second kappa shape index (κ2) is 7.65. The van der Waals surface area contributed by atoms with E-state index in [0.717, 1.165) is 5.56 Å². The first kappa shape index (κ1) is 16.8. The lowest BCUT2D eigenvalue weighted by molar-refractivity contribution is -0.142. The second-order valence-corrected chi connectivity index (χ2v) is 5.33. The Morgan fingerprint density at radius 3 is 2.61 bits per heavy atom. The maximum atomic E-state index is 11.9. The molecule has 2 aromatic carbocycles. The van der Waals surface area contributed by atoms with Crippen LogP contribution in [0.4, 0.5) is 0 Å². The fraction of sp³-hybridized carbons (Fsp3) is 0.176. The number of hydrogen-bond donors (Lipinski definition) is 2. The van der Waals surface area contributed by atoms with Crippen LogP contribution in [0.1, 0.15) is 11.1 Å². The number of aliphatic imine (C=N–C) groups is 1. The summed E-state index contributed by atoms with van der Waals surface area (Å²) in [6.45, 7) is 0. The molecule has 1 atom stereocenters. The Labute approximate surface area is 138 Å². The molecule has 0 amide bonds. The molecule has 0 radical (unpaired) electrons. The van der Waals surface area contributed by atoms with Gasteiger partial charge in [-0.25, -0.2) is 4.79 Å². The molecule has 23 heavy (non-hydrogen) atoms. The molecule has 6 heteroatoms. The summed E-state index contributed by atoms with van der Waals surface area (Å²) in [5, 5.41) is 19.5. The van der Waals surface area contributed by atoms with Crippen molar-refractivity contribution in [2.75, 3.05) is 7.11 Å². The minimum absolute atomic E-state index is 0.0198. The Bertz CT molecular complexity index is 713. The number of aromatic hydroxyl groups is 2. The predicted octanol–water partition coefficient (Wildman–Crippen LogP) is 2.95. The van der Waals surface area contributed by atoms with Gasteiger partial charge in [-0.15, -0.1) is 0 Å². The summed E-state index contributed by atoms with van der Waals surface area (Å²) < 4.78 is 4.76. The summed E-state index contributed by atoms with van der Waals surface area (Å²) in [5.41, 5.74) is 1.24. The van der Waals surface area contributed by atoms with Gasteiger partial charge in [0, 0.05) is 23.2 Å². The summed E-state index contributed by atoms with van der Waals surface area (Å²) in [6.07, 6.45) is 1.70. The highest BCUT2D eigenvalue weighted by molar-refractivity contribution is 6.30. The van der Waals surface area contributed by atoms with E-state index in [2.05, 4.69) is 4.99 Å². The van der Waals surface area contributed by atoms with Crippen molar-refractivity contribution in [2.24, 2.45) is 4.99 Å². The van der Waals surface area contributed by atoms with Crippen molar-refractivity contribution in [3.63, 3.8) is 0 Å². The zero-order valence-corrected chi connectivity index (χ0v) is 13.2. The maximum absolute atomic E-state index is 11.9. The summed E-state index contributed by atoms with van der Waals surface area (Å²) in [6, 6.07) is 10.3. The smallest absolute Gasteiger partial charge is 0.330 e. The van der Waals surface area contributed by atoms with Crippen molar-refractivity contribution in [1.82, 2.24) is 0 Å². The van der Waals surface area contributed by atoms with Crippen LogP contribution in [-0.4, -0.2) is 35.5 Å². The second-order valence-electron chi connectivity index (χ2n) is 4.89. The van der Waals surface area contributed by atoms with E-state index in [-0.39, 0.29) is 11.5 Å². The van der Waals surface area contributed by atoms with Crippen molar-refractivity contribution in [3.05, 3.63) is 58.6 Å². The van der Waals surface area contributed by atoms with E-state index in [1.807, 2.05) is 0 Å². The van der Waals surface area contributed by atoms with E-state index in [1.165, 1.54) is 31.5 Å². The number of ether oxygens (including phenoxy) is 1. The van der Waals surface area contributed by atoms with Crippen LogP contribution < -0.4 is 0 Å². The number of nitrogens with zero attached hydrogens (tertiary/aromatic N) is 1. The van der Waals surface area contributed by atoms with Crippen LogP contribution in [0.15, 0.2) is 47.5 Å². The lowest BCUT2D eigenvalue weighted by Crippen LogP contribution is -2.23. The number of methoxy groups -OCH3 is 1. The molecule has 2 N–H and O–H groups in total. The van der Waals surface area contributed by atoms with Gasteiger partial charge in [0.2, 0.25) is 0 Å². The first-order valence-corrected chi connectivity index (χ1v) is 7.25. The lowest BCUT2D eigenvalue weighted by atomic mass is 10.1. The van der Waals surface area contributed by atoms with E-state index in [1.54, 1.807) is 24.3 Å². The molecule has 0 spiro atoms. The number of phenols is 2. The molecule has 0 saturated carbocycles. The highest BCUT2D eigenvalue weighted by Gasteiger charge is 2.18. The zero-order valence-electron chi connectivity index (χ0n) is 12.4. The van der Waals surface area contributed by atoms with Crippen molar-refractivity contribution < 1.29 is 19.7 Å². The third-order valence-corrected chi connectivity index (χ3v) is 3.46. The molecule has 0 heterocycles. The summed E-state index contributed by atoms with van der Waals surface area (Å²) in [7, 11) is 1.29. The summed E-state index contributed by atoms with van der Waals surface area (Å²) in [4.78, 5) is 16.1. The first-order valence-electron chi connectivity index (χ1n) is 6.87. The molecule has 0 saturated heterocycles. The fourth-order valence-corrected chi connectivity index (χ4v) is 2.17. The highest BCUT2D eigenvalue weighted by Crippen LogP contribution is 2.20. The van der Waals surface area contributed by atoms with Gasteiger partial charge in [0.15, 0.2) is 6.04 Å². The fourth-order valence-electron chi connectivity index (χ4n) is 1.99.